The maximum atomic E-state index is 13.2. The van der Waals surface area contributed by atoms with Gasteiger partial charge in [0.05, 0.1) is 6.04 Å². The summed E-state index contributed by atoms with van der Waals surface area (Å²) in [6, 6.07) is 6.76. The van der Waals surface area contributed by atoms with E-state index >= 15 is 0 Å². The van der Waals surface area contributed by atoms with Crippen molar-refractivity contribution in [2.24, 2.45) is 11.8 Å². The molecule has 1 saturated carbocycles. The van der Waals surface area contributed by atoms with E-state index in [0.717, 1.165) is 68.7 Å². The monoisotopic (exact) mass is 401 g/mol. The van der Waals surface area contributed by atoms with E-state index in [0.29, 0.717) is 5.92 Å². The molecule has 4 nitrogen and oxygen atoms in total. The van der Waals surface area contributed by atoms with Crippen molar-refractivity contribution in [3.05, 3.63) is 52.2 Å². The minimum Gasteiger partial charge on any atom is -0.346 e. The summed E-state index contributed by atoms with van der Waals surface area (Å²) >= 11 is 1.63. The lowest BCUT2D eigenvalue weighted by Gasteiger charge is -2.37. The molecule has 0 radical (unpaired) electrons. The van der Waals surface area contributed by atoms with Crippen molar-refractivity contribution < 1.29 is 9.18 Å². The summed E-state index contributed by atoms with van der Waals surface area (Å²) in [5.74, 6) is 0.527. The lowest BCUT2D eigenvalue weighted by Crippen LogP contribution is -2.43. The molecule has 1 aromatic heterocycles. The van der Waals surface area contributed by atoms with Crippen LogP contribution < -0.4 is 5.32 Å². The van der Waals surface area contributed by atoms with Crippen molar-refractivity contribution in [1.29, 1.82) is 0 Å². The van der Waals surface area contributed by atoms with Gasteiger partial charge >= 0.3 is 0 Å². The van der Waals surface area contributed by atoms with Gasteiger partial charge in [0.1, 0.15) is 10.8 Å². The summed E-state index contributed by atoms with van der Waals surface area (Å²) < 4.78 is 13.2. The molecule has 0 bridgehead atoms. The Balaban J connectivity index is 1.44. The fourth-order valence-corrected chi connectivity index (χ4v) is 5.36. The van der Waals surface area contributed by atoms with Crippen LogP contribution in [0.3, 0.4) is 0 Å². The predicted octanol–water partition coefficient (Wildman–Crippen LogP) is 4.54. The topological polar surface area (TPSA) is 45.2 Å². The number of nitrogens with one attached hydrogen (secondary N) is 1. The molecule has 1 aliphatic carbocycles. The highest BCUT2D eigenvalue weighted by Crippen LogP contribution is 2.33. The van der Waals surface area contributed by atoms with Gasteiger partial charge in [-0.1, -0.05) is 25.0 Å². The summed E-state index contributed by atoms with van der Waals surface area (Å²) in [4.78, 5) is 19.8. The first-order chi connectivity index (χ1) is 13.7. The quantitative estimate of drug-likeness (QED) is 0.773. The number of piperidine rings is 1. The van der Waals surface area contributed by atoms with Gasteiger partial charge in [-0.25, -0.2) is 9.37 Å². The molecule has 6 heteroatoms. The van der Waals surface area contributed by atoms with Gasteiger partial charge in [-0.05, 0) is 55.8 Å². The number of thiazole rings is 1. The first-order valence-electron chi connectivity index (χ1n) is 10.4. The van der Waals surface area contributed by atoms with Gasteiger partial charge in [0.25, 0.3) is 0 Å². The maximum absolute atomic E-state index is 13.2. The summed E-state index contributed by atoms with van der Waals surface area (Å²) in [6.07, 6.45) is 8.37. The van der Waals surface area contributed by atoms with Crippen molar-refractivity contribution in [2.45, 2.75) is 51.1 Å². The Bertz CT molecular complexity index is 759. The number of hydrogen-bond acceptors (Lipinski definition) is 4. The van der Waals surface area contributed by atoms with E-state index < -0.39 is 0 Å². The van der Waals surface area contributed by atoms with Crippen molar-refractivity contribution >= 4 is 17.2 Å². The van der Waals surface area contributed by atoms with Crippen LogP contribution in [0.2, 0.25) is 0 Å². The van der Waals surface area contributed by atoms with Crippen LogP contribution in [-0.4, -0.2) is 28.9 Å². The molecule has 2 heterocycles. The molecular formula is C22H28FN3OS. The third-order valence-corrected chi connectivity index (χ3v) is 6.93. The number of aromatic nitrogens is 1. The number of halogens is 1. The third kappa shape index (κ3) is 4.78. The Morgan fingerprint density at radius 2 is 2.00 bits per heavy atom. The van der Waals surface area contributed by atoms with E-state index in [2.05, 4.69) is 15.2 Å². The van der Waals surface area contributed by atoms with Crippen LogP contribution in [0.5, 0.6) is 0 Å². The Hall–Kier alpha value is -1.79. The van der Waals surface area contributed by atoms with Gasteiger partial charge in [0.2, 0.25) is 5.91 Å². The molecule has 1 aliphatic heterocycles. The lowest BCUT2D eigenvalue weighted by atomic mass is 9.90. The van der Waals surface area contributed by atoms with E-state index in [4.69, 9.17) is 0 Å². The lowest BCUT2D eigenvalue weighted by molar-refractivity contribution is -0.126. The molecule has 150 valence electrons. The van der Waals surface area contributed by atoms with Gasteiger partial charge in [0.15, 0.2) is 0 Å². The SMILES string of the molecule is O=C(N[C@@H](c1nccs1)[C@@H]1CCCN(Cc2ccc(F)cc2)C1)C1CCCC1. The standard InChI is InChI=1S/C22H28FN3OS/c23-19-9-7-16(8-10-19)14-26-12-3-6-18(15-26)20(22-24-11-13-28-22)25-21(27)17-4-1-2-5-17/h7-11,13,17-18,20H,1-6,12,14-15H2,(H,25,27)/t18-,20-/m1/s1. The summed E-state index contributed by atoms with van der Waals surface area (Å²) in [7, 11) is 0. The number of rotatable bonds is 6. The van der Waals surface area contributed by atoms with Gasteiger partial charge in [0, 0.05) is 30.6 Å². The van der Waals surface area contributed by atoms with Gasteiger partial charge in [-0.15, -0.1) is 11.3 Å². The zero-order valence-corrected chi connectivity index (χ0v) is 17.0. The molecule has 2 atom stereocenters. The Morgan fingerprint density at radius 3 is 2.71 bits per heavy atom. The number of benzene rings is 1. The van der Waals surface area contributed by atoms with E-state index in [1.54, 1.807) is 11.3 Å². The van der Waals surface area contributed by atoms with E-state index in [9.17, 15) is 9.18 Å². The van der Waals surface area contributed by atoms with Crippen LogP contribution in [0.1, 0.15) is 55.1 Å². The molecule has 1 amide bonds. The van der Waals surface area contributed by atoms with Crippen LogP contribution in [-0.2, 0) is 11.3 Å². The fourth-order valence-electron chi connectivity index (χ4n) is 4.58. The highest BCUT2D eigenvalue weighted by molar-refractivity contribution is 7.09. The molecule has 2 fully saturated rings. The van der Waals surface area contributed by atoms with Crippen LogP contribution in [0, 0.1) is 17.7 Å². The zero-order chi connectivity index (χ0) is 19.3. The molecule has 1 N–H and O–H groups in total. The van der Waals surface area contributed by atoms with Crippen LogP contribution >= 0.6 is 11.3 Å². The smallest absolute Gasteiger partial charge is 0.223 e. The number of nitrogens with zero attached hydrogens (tertiary/aromatic N) is 2. The van der Waals surface area contributed by atoms with E-state index in [1.165, 1.54) is 12.1 Å². The minimum absolute atomic E-state index is 0.0101. The van der Waals surface area contributed by atoms with Gasteiger partial charge < -0.3 is 5.32 Å². The van der Waals surface area contributed by atoms with Crippen molar-refractivity contribution in [1.82, 2.24) is 15.2 Å². The second-order valence-corrected chi connectivity index (χ2v) is 9.03. The van der Waals surface area contributed by atoms with Crippen molar-refractivity contribution in [2.75, 3.05) is 13.1 Å². The largest absolute Gasteiger partial charge is 0.346 e. The second kappa shape index (κ2) is 9.14. The molecule has 28 heavy (non-hydrogen) atoms. The molecular weight excluding hydrogens is 373 g/mol. The van der Waals surface area contributed by atoms with Crippen LogP contribution in [0.4, 0.5) is 4.39 Å². The molecule has 4 rings (SSSR count). The average molecular weight is 402 g/mol. The molecule has 0 spiro atoms. The van der Waals surface area contributed by atoms with Crippen molar-refractivity contribution in [3.63, 3.8) is 0 Å². The molecule has 2 aliphatic rings. The van der Waals surface area contributed by atoms with Crippen LogP contribution in [0.15, 0.2) is 35.8 Å². The average Bonchev–Trinajstić information content (AvgIpc) is 3.42. The Kier molecular flexibility index (Phi) is 6.37. The predicted molar refractivity (Wildman–Crippen MR) is 109 cm³/mol. The number of amides is 1. The maximum Gasteiger partial charge on any atom is 0.223 e. The number of hydrogen-bond donors (Lipinski definition) is 1. The molecule has 0 unspecified atom stereocenters. The summed E-state index contributed by atoms with van der Waals surface area (Å²) in [5.41, 5.74) is 1.13. The first kappa shape index (κ1) is 19.5. The molecule has 1 saturated heterocycles. The number of carbonyl (C=O) groups excluding carboxylic acids is 1. The van der Waals surface area contributed by atoms with Gasteiger partial charge in [-0.2, -0.15) is 0 Å². The summed E-state index contributed by atoms with van der Waals surface area (Å²) in [5, 5.41) is 6.36. The van der Waals surface area contributed by atoms with E-state index in [-0.39, 0.29) is 23.7 Å². The number of carbonyl (C=O) groups is 1. The minimum atomic E-state index is -0.196. The molecule has 1 aromatic carbocycles. The normalized spacial score (nSPS) is 22.2. The third-order valence-electron chi connectivity index (χ3n) is 6.07. The molecule has 2 aromatic rings. The highest BCUT2D eigenvalue weighted by atomic mass is 32.1. The number of likely N-dealkylation sites (tertiary alicyclic amines) is 1. The van der Waals surface area contributed by atoms with E-state index in [1.807, 2.05) is 23.7 Å². The Labute approximate surface area is 170 Å². The Morgan fingerprint density at radius 1 is 1.21 bits per heavy atom. The second-order valence-electron chi connectivity index (χ2n) is 8.10. The first-order valence-corrected chi connectivity index (χ1v) is 11.2. The highest BCUT2D eigenvalue weighted by Gasteiger charge is 2.33. The summed E-state index contributed by atoms with van der Waals surface area (Å²) in [6.45, 7) is 2.78. The zero-order valence-electron chi connectivity index (χ0n) is 16.1. The van der Waals surface area contributed by atoms with Gasteiger partial charge in [-0.3, -0.25) is 9.69 Å². The van der Waals surface area contributed by atoms with Crippen molar-refractivity contribution in [3.8, 4) is 0 Å². The fraction of sp³-hybridized carbons (Fsp3) is 0.545. The van der Waals surface area contributed by atoms with Crippen LogP contribution in [0.25, 0.3) is 0 Å².